The molecule has 1 unspecified atom stereocenters. The Morgan fingerprint density at radius 3 is 2.23 bits per heavy atom. The Kier molecular flexibility index (Phi) is 5.77. The van der Waals surface area contributed by atoms with Crippen LogP contribution in [0.4, 0.5) is 5.69 Å². The lowest BCUT2D eigenvalue weighted by Crippen LogP contribution is -2.36. The van der Waals surface area contributed by atoms with Gasteiger partial charge in [-0.15, -0.1) is 0 Å². The van der Waals surface area contributed by atoms with Crippen LogP contribution >= 0.6 is 0 Å². The number of aryl methyl sites for hydroxylation is 1. The van der Waals surface area contributed by atoms with Crippen molar-refractivity contribution in [1.82, 2.24) is 0 Å². The first-order chi connectivity index (χ1) is 12.5. The van der Waals surface area contributed by atoms with Crippen molar-refractivity contribution >= 4 is 11.5 Å². The third kappa shape index (κ3) is 4.16. The van der Waals surface area contributed by atoms with E-state index in [-0.39, 0.29) is 11.2 Å². The summed E-state index contributed by atoms with van der Waals surface area (Å²) in [5.74, 6) is 0.231. The number of ketones is 1. The van der Waals surface area contributed by atoms with Crippen molar-refractivity contribution in [3.8, 4) is 0 Å². The predicted octanol–water partition coefficient (Wildman–Crippen LogP) is 4.67. The molecule has 0 bridgehead atoms. The first kappa shape index (κ1) is 18.7. The van der Waals surface area contributed by atoms with Gasteiger partial charge in [0.25, 0.3) is 0 Å². The summed E-state index contributed by atoms with van der Waals surface area (Å²) in [6.45, 7) is 9.64. The third-order valence-electron chi connectivity index (χ3n) is 5.55. The number of ether oxygens (including phenoxy) is 1. The zero-order valence-electron chi connectivity index (χ0n) is 16.1. The van der Waals surface area contributed by atoms with Crippen LogP contribution in [0.3, 0.4) is 0 Å². The van der Waals surface area contributed by atoms with E-state index >= 15 is 0 Å². The van der Waals surface area contributed by atoms with E-state index < -0.39 is 0 Å². The number of Topliss-reactive ketones (excluding diaryl/α,β-unsaturated/α-hetero) is 1. The van der Waals surface area contributed by atoms with Crippen molar-refractivity contribution in [3.63, 3.8) is 0 Å². The van der Waals surface area contributed by atoms with E-state index in [0.717, 1.165) is 44.7 Å². The van der Waals surface area contributed by atoms with Gasteiger partial charge in [0.15, 0.2) is 5.78 Å². The zero-order valence-corrected chi connectivity index (χ0v) is 16.1. The standard InChI is InChI=1S/C23H29NO2/c1-4-23(3,17-19-7-5-18(2)6-8-19)22(25)20-9-11-21(12-10-20)24-13-15-26-16-14-24/h5-12H,4,13-17H2,1-3H3. The lowest BCUT2D eigenvalue weighted by atomic mass is 9.75. The molecule has 1 aliphatic heterocycles. The van der Waals surface area contributed by atoms with E-state index in [2.05, 4.69) is 62.1 Å². The summed E-state index contributed by atoms with van der Waals surface area (Å²) in [5.41, 5.74) is 4.06. The molecule has 1 atom stereocenters. The lowest BCUT2D eigenvalue weighted by Gasteiger charge is -2.30. The van der Waals surface area contributed by atoms with Crippen molar-refractivity contribution in [1.29, 1.82) is 0 Å². The molecule has 26 heavy (non-hydrogen) atoms. The molecule has 3 nitrogen and oxygen atoms in total. The van der Waals surface area contributed by atoms with Gasteiger partial charge in [0.2, 0.25) is 0 Å². The SMILES string of the molecule is CCC(C)(Cc1ccc(C)cc1)C(=O)c1ccc(N2CCOCC2)cc1. The average molecular weight is 351 g/mol. The van der Waals surface area contributed by atoms with Crippen LogP contribution < -0.4 is 4.90 Å². The Morgan fingerprint density at radius 1 is 1.04 bits per heavy atom. The molecule has 0 amide bonds. The van der Waals surface area contributed by atoms with E-state index in [1.807, 2.05) is 12.1 Å². The van der Waals surface area contributed by atoms with Gasteiger partial charge in [-0.05, 0) is 49.6 Å². The van der Waals surface area contributed by atoms with E-state index in [9.17, 15) is 4.79 Å². The highest BCUT2D eigenvalue weighted by molar-refractivity contribution is 6.00. The Morgan fingerprint density at radius 2 is 1.65 bits per heavy atom. The number of carbonyl (C=O) groups is 1. The normalized spacial score (nSPS) is 17.0. The van der Waals surface area contributed by atoms with Gasteiger partial charge in [-0.1, -0.05) is 43.7 Å². The molecule has 2 aromatic carbocycles. The molecule has 1 heterocycles. The monoisotopic (exact) mass is 351 g/mol. The first-order valence-electron chi connectivity index (χ1n) is 9.55. The van der Waals surface area contributed by atoms with Crippen LogP contribution in [0.15, 0.2) is 48.5 Å². The first-order valence-corrected chi connectivity index (χ1v) is 9.55. The highest BCUT2D eigenvalue weighted by atomic mass is 16.5. The number of benzene rings is 2. The number of morpholine rings is 1. The fraction of sp³-hybridized carbons (Fsp3) is 0.435. The van der Waals surface area contributed by atoms with Crippen molar-refractivity contribution in [2.24, 2.45) is 5.41 Å². The van der Waals surface area contributed by atoms with Gasteiger partial charge in [-0.3, -0.25) is 4.79 Å². The fourth-order valence-corrected chi connectivity index (χ4v) is 3.52. The van der Waals surface area contributed by atoms with Crippen molar-refractivity contribution < 1.29 is 9.53 Å². The Bertz CT molecular complexity index is 730. The molecule has 3 rings (SSSR count). The van der Waals surface area contributed by atoms with Crippen LogP contribution in [0.2, 0.25) is 0 Å². The molecule has 0 saturated carbocycles. The number of hydrogen-bond acceptors (Lipinski definition) is 3. The molecule has 0 spiro atoms. The molecular weight excluding hydrogens is 322 g/mol. The molecule has 0 N–H and O–H groups in total. The van der Waals surface area contributed by atoms with Gasteiger partial charge in [0.1, 0.15) is 0 Å². The third-order valence-corrected chi connectivity index (χ3v) is 5.55. The summed E-state index contributed by atoms with van der Waals surface area (Å²) in [4.78, 5) is 15.5. The van der Waals surface area contributed by atoms with Gasteiger partial charge in [0.05, 0.1) is 13.2 Å². The van der Waals surface area contributed by atoms with Crippen LogP contribution in [-0.2, 0) is 11.2 Å². The second-order valence-corrected chi connectivity index (χ2v) is 7.55. The highest BCUT2D eigenvalue weighted by Gasteiger charge is 2.32. The van der Waals surface area contributed by atoms with Gasteiger partial charge in [0, 0.05) is 29.8 Å². The van der Waals surface area contributed by atoms with Crippen molar-refractivity contribution in [2.45, 2.75) is 33.6 Å². The van der Waals surface area contributed by atoms with Gasteiger partial charge in [-0.2, -0.15) is 0 Å². The summed E-state index contributed by atoms with van der Waals surface area (Å²) in [6.07, 6.45) is 1.60. The van der Waals surface area contributed by atoms with E-state index in [4.69, 9.17) is 4.74 Å². The summed E-state index contributed by atoms with van der Waals surface area (Å²) in [6, 6.07) is 16.6. The van der Waals surface area contributed by atoms with Gasteiger partial charge < -0.3 is 9.64 Å². The number of carbonyl (C=O) groups excluding carboxylic acids is 1. The minimum absolute atomic E-state index is 0.231. The Balaban J connectivity index is 1.75. The summed E-state index contributed by atoms with van der Waals surface area (Å²) in [7, 11) is 0. The smallest absolute Gasteiger partial charge is 0.169 e. The number of anilines is 1. The maximum atomic E-state index is 13.2. The highest BCUT2D eigenvalue weighted by Crippen LogP contribution is 2.32. The second-order valence-electron chi connectivity index (χ2n) is 7.55. The van der Waals surface area contributed by atoms with E-state index in [1.165, 1.54) is 16.8 Å². The summed E-state index contributed by atoms with van der Waals surface area (Å²) >= 11 is 0. The lowest BCUT2D eigenvalue weighted by molar-refractivity contribution is 0.0808. The molecular formula is C23H29NO2. The molecule has 1 aliphatic rings. The predicted molar refractivity (Wildman–Crippen MR) is 107 cm³/mol. The number of hydrogen-bond donors (Lipinski definition) is 0. The molecule has 138 valence electrons. The number of rotatable bonds is 6. The van der Waals surface area contributed by atoms with Crippen LogP contribution in [0.1, 0.15) is 41.8 Å². The topological polar surface area (TPSA) is 29.5 Å². The van der Waals surface area contributed by atoms with Crippen LogP contribution in [0.25, 0.3) is 0 Å². The largest absolute Gasteiger partial charge is 0.378 e. The minimum atomic E-state index is -0.379. The minimum Gasteiger partial charge on any atom is -0.378 e. The van der Waals surface area contributed by atoms with Gasteiger partial charge >= 0.3 is 0 Å². The van der Waals surface area contributed by atoms with Crippen LogP contribution in [0.5, 0.6) is 0 Å². The Hall–Kier alpha value is -2.13. The molecule has 0 radical (unpaired) electrons. The quantitative estimate of drug-likeness (QED) is 0.708. The van der Waals surface area contributed by atoms with Crippen molar-refractivity contribution in [3.05, 3.63) is 65.2 Å². The molecule has 1 fully saturated rings. The van der Waals surface area contributed by atoms with Crippen LogP contribution in [-0.4, -0.2) is 32.1 Å². The Labute approximate surface area is 157 Å². The van der Waals surface area contributed by atoms with Crippen LogP contribution in [0, 0.1) is 12.3 Å². The average Bonchev–Trinajstić information content (AvgIpc) is 2.70. The van der Waals surface area contributed by atoms with Crippen molar-refractivity contribution in [2.75, 3.05) is 31.2 Å². The van der Waals surface area contributed by atoms with Gasteiger partial charge in [-0.25, -0.2) is 0 Å². The second kappa shape index (κ2) is 8.05. The summed E-state index contributed by atoms with van der Waals surface area (Å²) < 4.78 is 5.41. The van der Waals surface area contributed by atoms with E-state index in [0.29, 0.717) is 0 Å². The molecule has 1 saturated heterocycles. The maximum absolute atomic E-state index is 13.2. The molecule has 0 aromatic heterocycles. The molecule has 3 heteroatoms. The maximum Gasteiger partial charge on any atom is 0.169 e. The summed E-state index contributed by atoms with van der Waals surface area (Å²) in [5, 5.41) is 0. The molecule has 2 aromatic rings. The zero-order chi connectivity index (χ0) is 18.6. The van der Waals surface area contributed by atoms with E-state index in [1.54, 1.807) is 0 Å². The fourth-order valence-electron chi connectivity index (χ4n) is 3.52. The number of nitrogens with zero attached hydrogens (tertiary/aromatic N) is 1. The molecule has 0 aliphatic carbocycles.